The van der Waals surface area contributed by atoms with Gasteiger partial charge in [-0.3, -0.25) is 9.59 Å². The lowest BCUT2D eigenvalue weighted by Crippen LogP contribution is -2.35. The van der Waals surface area contributed by atoms with Gasteiger partial charge in [0.15, 0.2) is 0 Å². The first-order valence-electron chi connectivity index (χ1n) is 8.86. The third-order valence-corrected chi connectivity index (χ3v) is 5.43. The van der Waals surface area contributed by atoms with Crippen molar-refractivity contribution in [3.63, 3.8) is 0 Å². The summed E-state index contributed by atoms with van der Waals surface area (Å²) in [6.07, 6.45) is 0.839. The SMILES string of the molecule is COc1ccc2c(C)c(CCC(=O)N3CCC(C)(C(=O)O)C3)c(=O)oc2c1. The number of hydrogen-bond acceptors (Lipinski definition) is 5. The highest BCUT2D eigenvalue weighted by Gasteiger charge is 2.41. The maximum absolute atomic E-state index is 12.5. The minimum atomic E-state index is -0.896. The van der Waals surface area contributed by atoms with Crippen molar-refractivity contribution >= 4 is 22.8 Å². The normalized spacial score (nSPS) is 19.4. The fourth-order valence-electron chi connectivity index (χ4n) is 3.53. The molecule has 1 atom stereocenters. The summed E-state index contributed by atoms with van der Waals surface area (Å²) >= 11 is 0. The van der Waals surface area contributed by atoms with Crippen molar-refractivity contribution in [1.29, 1.82) is 0 Å². The van der Waals surface area contributed by atoms with Gasteiger partial charge >= 0.3 is 11.6 Å². The van der Waals surface area contributed by atoms with Crippen molar-refractivity contribution in [2.75, 3.05) is 20.2 Å². The molecule has 0 bridgehead atoms. The van der Waals surface area contributed by atoms with Gasteiger partial charge in [0.2, 0.25) is 5.91 Å². The molecule has 0 saturated carbocycles. The number of benzene rings is 1. The van der Waals surface area contributed by atoms with Crippen LogP contribution in [0.4, 0.5) is 0 Å². The van der Waals surface area contributed by atoms with E-state index in [0.717, 1.165) is 10.9 Å². The van der Waals surface area contributed by atoms with Gasteiger partial charge in [0.05, 0.1) is 12.5 Å². The first-order valence-corrected chi connectivity index (χ1v) is 8.86. The average molecular weight is 373 g/mol. The van der Waals surface area contributed by atoms with Gasteiger partial charge < -0.3 is 19.2 Å². The molecule has 1 aromatic carbocycles. The number of aryl methyl sites for hydroxylation is 1. The molecular weight excluding hydrogens is 350 g/mol. The predicted octanol–water partition coefficient (Wildman–Crippen LogP) is 2.37. The molecule has 1 amide bonds. The molecule has 2 heterocycles. The second-order valence-corrected chi connectivity index (χ2v) is 7.29. The molecule has 3 rings (SSSR count). The van der Waals surface area contributed by atoms with E-state index in [1.807, 2.05) is 13.0 Å². The zero-order valence-electron chi connectivity index (χ0n) is 15.7. The Morgan fingerprint density at radius 2 is 2.11 bits per heavy atom. The number of hydrogen-bond donors (Lipinski definition) is 1. The smallest absolute Gasteiger partial charge is 0.339 e. The zero-order chi connectivity index (χ0) is 19.8. The molecule has 0 aliphatic carbocycles. The van der Waals surface area contributed by atoms with Gasteiger partial charge in [-0.25, -0.2) is 4.79 Å². The Labute approximate surface area is 156 Å². The Kier molecular flexibility index (Phi) is 4.95. The zero-order valence-corrected chi connectivity index (χ0v) is 15.7. The van der Waals surface area contributed by atoms with E-state index in [0.29, 0.717) is 29.9 Å². The van der Waals surface area contributed by atoms with E-state index < -0.39 is 17.0 Å². The van der Waals surface area contributed by atoms with E-state index in [9.17, 15) is 19.5 Å². The number of carboxylic acids is 1. The predicted molar refractivity (Wildman–Crippen MR) is 99.0 cm³/mol. The number of nitrogens with zero attached hydrogens (tertiary/aromatic N) is 1. The molecule has 144 valence electrons. The molecule has 1 aliphatic rings. The fourth-order valence-corrected chi connectivity index (χ4v) is 3.53. The van der Waals surface area contributed by atoms with Crippen LogP contribution in [0.1, 0.15) is 30.9 Å². The summed E-state index contributed by atoms with van der Waals surface area (Å²) in [7, 11) is 1.54. The highest BCUT2D eigenvalue weighted by Crippen LogP contribution is 2.31. The standard InChI is InChI=1S/C20H23NO6/c1-12-14-5-4-13(26-3)10-16(14)27-18(23)15(12)6-7-17(22)21-9-8-20(2,11-21)19(24)25/h4-5,10H,6-9,11H2,1-3H3,(H,24,25). The van der Waals surface area contributed by atoms with E-state index in [4.69, 9.17) is 9.15 Å². The van der Waals surface area contributed by atoms with E-state index >= 15 is 0 Å². The minimum Gasteiger partial charge on any atom is -0.497 e. The maximum Gasteiger partial charge on any atom is 0.339 e. The monoisotopic (exact) mass is 373 g/mol. The molecule has 0 spiro atoms. The van der Waals surface area contributed by atoms with Crippen LogP contribution in [-0.2, 0) is 16.0 Å². The van der Waals surface area contributed by atoms with Gasteiger partial charge in [-0.15, -0.1) is 0 Å². The average Bonchev–Trinajstić information content (AvgIpc) is 3.04. The van der Waals surface area contributed by atoms with Crippen molar-refractivity contribution in [2.45, 2.75) is 33.1 Å². The van der Waals surface area contributed by atoms with Gasteiger partial charge in [0, 0.05) is 36.5 Å². The Morgan fingerprint density at radius 3 is 2.74 bits per heavy atom. The van der Waals surface area contributed by atoms with Crippen LogP contribution >= 0.6 is 0 Å². The molecule has 1 aliphatic heterocycles. The van der Waals surface area contributed by atoms with E-state index in [1.165, 1.54) is 0 Å². The lowest BCUT2D eigenvalue weighted by Gasteiger charge is -2.20. The summed E-state index contributed by atoms with van der Waals surface area (Å²) in [6.45, 7) is 4.11. The number of carbonyl (C=O) groups excluding carboxylic acids is 1. The van der Waals surface area contributed by atoms with E-state index in [2.05, 4.69) is 0 Å². The number of amides is 1. The molecule has 1 aromatic heterocycles. The summed E-state index contributed by atoms with van der Waals surface area (Å²) in [6, 6.07) is 5.29. The van der Waals surface area contributed by atoms with Gasteiger partial charge in [-0.05, 0) is 44.4 Å². The number of carboxylic acid groups (broad SMARTS) is 1. The summed E-state index contributed by atoms with van der Waals surface area (Å²) in [5.74, 6) is -0.434. The fraction of sp³-hybridized carbons (Fsp3) is 0.450. The molecule has 7 nitrogen and oxygen atoms in total. The van der Waals surface area contributed by atoms with Crippen LogP contribution in [0, 0.1) is 12.3 Å². The number of likely N-dealkylation sites (tertiary alicyclic amines) is 1. The molecule has 1 N–H and O–H groups in total. The Hall–Kier alpha value is -2.83. The molecule has 2 aromatic rings. The van der Waals surface area contributed by atoms with Crippen molar-refractivity contribution in [3.05, 3.63) is 39.7 Å². The lowest BCUT2D eigenvalue weighted by molar-refractivity contribution is -0.147. The second kappa shape index (κ2) is 7.06. The van der Waals surface area contributed by atoms with Gasteiger partial charge in [0.25, 0.3) is 0 Å². The van der Waals surface area contributed by atoms with Crippen LogP contribution in [-0.4, -0.2) is 42.1 Å². The van der Waals surface area contributed by atoms with E-state index in [1.54, 1.807) is 31.1 Å². The third kappa shape index (κ3) is 3.54. The summed E-state index contributed by atoms with van der Waals surface area (Å²) in [5, 5.41) is 10.1. The van der Waals surface area contributed by atoms with Gasteiger partial charge in [0.1, 0.15) is 11.3 Å². The number of aliphatic carboxylic acids is 1. The number of fused-ring (bicyclic) bond motifs is 1. The largest absolute Gasteiger partial charge is 0.497 e. The van der Waals surface area contributed by atoms with Crippen LogP contribution in [0.15, 0.2) is 27.4 Å². The van der Waals surface area contributed by atoms with Gasteiger partial charge in [-0.1, -0.05) is 0 Å². The molecule has 1 fully saturated rings. The first-order chi connectivity index (χ1) is 12.7. The quantitative estimate of drug-likeness (QED) is 0.808. The van der Waals surface area contributed by atoms with Crippen LogP contribution in [0.25, 0.3) is 11.0 Å². The van der Waals surface area contributed by atoms with Crippen LogP contribution in [0.5, 0.6) is 5.75 Å². The van der Waals surface area contributed by atoms with Crippen LogP contribution in [0.2, 0.25) is 0 Å². The molecule has 27 heavy (non-hydrogen) atoms. The Morgan fingerprint density at radius 1 is 1.37 bits per heavy atom. The summed E-state index contributed by atoms with van der Waals surface area (Å²) in [4.78, 5) is 37.7. The first kappa shape index (κ1) is 18.9. The van der Waals surface area contributed by atoms with Crippen molar-refractivity contribution in [2.24, 2.45) is 5.41 Å². The molecular formula is C20H23NO6. The van der Waals surface area contributed by atoms with Crippen molar-refractivity contribution in [3.8, 4) is 5.75 Å². The molecule has 0 radical (unpaired) electrons. The highest BCUT2D eigenvalue weighted by molar-refractivity contribution is 5.83. The topological polar surface area (TPSA) is 97.0 Å². The molecule has 7 heteroatoms. The lowest BCUT2D eigenvalue weighted by atomic mass is 9.90. The summed E-state index contributed by atoms with van der Waals surface area (Å²) in [5.41, 5.74) is 0.350. The summed E-state index contributed by atoms with van der Waals surface area (Å²) < 4.78 is 10.5. The third-order valence-electron chi connectivity index (χ3n) is 5.43. The van der Waals surface area contributed by atoms with E-state index in [-0.39, 0.29) is 25.3 Å². The second-order valence-electron chi connectivity index (χ2n) is 7.29. The number of carbonyl (C=O) groups is 2. The van der Waals surface area contributed by atoms with Gasteiger partial charge in [-0.2, -0.15) is 0 Å². The number of methoxy groups -OCH3 is 1. The van der Waals surface area contributed by atoms with Crippen LogP contribution < -0.4 is 10.4 Å². The van der Waals surface area contributed by atoms with Crippen LogP contribution in [0.3, 0.4) is 0 Å². The molecule has 1 saturated heterocycles. The Bertz CT molecular complexity index is 963. The maximum atomic E-state index is 12.5. The minimum absolute atomic E-state index is 0.142. The highest BCUT2D eigenvalue weighted by atomic mass is 16.5. The number of rotatable bonds is 5. The van der Waals surface area contributed by atoms with Crippen molar-refractivity contribution < 1.29 is 23.8 Å². The Balaban J connectivity index is 1.76. The van der Waals surface area contributed by atoms with Crippen molar-refractivity contribution in [1.82, 2.24) is 4.90 Å². The molecule has 1 unspecified atom stereocenters. The number of ether oxygens (including phenoxy) is 1.